The minimum atomic E-state index is -0.268. The zero-order valence-electron chi connectivity index (χ0n) is 17.6. The Morgan fingerprint density at radius 2 is 1.84 bits per heavy atom. The van der Waals surface area contributed by atoms with Crippen molar-refractivity contribution in [1.82, 2.24) is 0 Å². The second kappa shape index (κ2) is 8.32. The zero-order valence-corrected chi connectivity index (χ0v) is 18.4. The molecule has 0 aromatic heterocycles. The van der Waals surface area contributed by atoms with Crippen LogP contribution < -0.4 is 10.1 Å². The molecule has 162 valence electrons. The lowest BCUT2D eigenvalue weighted by atomic mass is 9.75. The SMILES string of the molecule is Cc1ccc([N+](=O)[O-])c2c1N[C@@H](c1ccc(OCc3ccc(Cl)cc3)cc1)[C@H]1CC=C[C@@H]21. The molecule has 0 amide bonds. The number of hydrogen-bond donors (Lipinski definition) is 1. The number of rotatable bonds is 5. The molecule has 0 unspecified atom stereocenters. The fourth-order valence-corrected chi connectivity index (χ4v) is 4.97. The molecule has 0 saturated heterocycles. The summed E-state index contributed by atoms with van der Waals surface area (Å²) in [4.78, 5) is 11.4. The van der Waals surface area contributed by atoms with Crippen molar-refractivity contribution >= 4 is 23.0 Å². The van der Waals surface area contributed by atoms with E-state index in [2.05, 4.69) is 29.6 Å². The molecule has 3 aromatic carbocycles. The highest BCUT2D eigenvalue weighted by atomic mass is 35.5. The first-order chi connectivity index (χ1) is 15.5. The van der Waals surface area contributed by atoms with Gasteiger partial charge >= 0.3 is 0 Å². The van der Waals surface area contributed by atoms with E-state index in [1.807, 2.05) is 49.4 Å². The molecule has 5 nitrogen and oxygen atoms in total. The Kier molecular flexibility index (Phi) is 5.35. The van der Waals surface area contributed by atoms with Crippen LogP contribution in [0.25, 0.3) is 0 Å². The molecule has 5 rings (SSSR count). The van der Waals surface area contributed by atoms with Crippen LogP contribution in [0.15, 0.2) is 72.8 Å². The van der Waals surface area contributed by atoms with Crippen LogP contribution in [0.4, 0.5) is 11.4 Å². The molecule has 0 fully saturated rings. The number of nitrogens with zero attached hydrogens (tertiary/aromatic N) is 1. The number of aryl methyl sites for hydroxylation is 1. The largest absolute Gasteiger partial charge is 0.489 e. The predicted molar refractivity (Wildman–Crippen MR) is 126 cm³/mol. The molecule has 1 aliphatic heterocycles. The van der Waals surface area contributed by atoms with Gasteiger partial charge in [-0.3, -0.25) is 10.1 Å². The summed E-state index contributed by atoms with van der Waals surface area (Å²) in [7, 11) is 0. The molecule has 3 aromatic rings. The van der Waals surface area contributed by atoms with E-state index in [1.54, 1.807) is 6.07 Å². The van der Waals surface area contributed by atoms with Crippen LogP contribution in [-0.2, 0) is 6.61 Å². The van der Waals surface area contributed by atoms with E-state index < -0.39 is 0 Å². The first kappa shape index (κ1) is 20.6. The number of nitro benzene ring substituents is 1. The maximum atomic E-state index is 11.7. The number of nitro groups is 1. The minimum absolute atomic E-state index is 0.0392. The summed E-state index contributed by atoms with van der Waals surface area (Å²) in [6, 6.07) is 19.3. The molecule has 0 bridgehead atoms. The molecule has 1 N–H and O–H groups in total. The number of nitrogens with one attached hydrogen (secondary N) is 1. The van der Waals surface area contributed by atoms with Crippen LogP contribution in [0, 0.1) is 23.0 Å². The number of fused-ring (bicyclic) bond motifs is 3. The molecule has 2 aliphatic rings. The molecule has 1 heterocycles. The van der Waals surface area contributed by atoms with Crippen LogP contribution in [-0.4, -0.2) is 4.92 Å². The van der Waals surface area contributed by atoms with Gasteiger partial charge in [0.05, 0.1) is 16.5 Å². The van der Waals surface area contributed by atoms with Gasteiger partial charge in [0.2, 0.25) is 0 Å². The van der Waals surface area contributed by atoms with E-state index in [-0.39, 0.29) is 28.5 Å². The van der Waals surface area contributed by atoms with Gasteiger partial charge in [-0.2, -0.15) is 0 Å². The fourth-order valence-electron chi connectivity index (χ4n) is 4.84. The van der Waals surface area contributed by atoms with Gasteiger partial charge in [0.25, 0.3) is 5.69 Å². The zero-order chi connectivity index (χ0) is 22.2. The lowest BCUT2D eigenvalue weighted by Crippen LogP contribution is -2.30. The molecular formula is C26H23ClN2O3. The summed E-state index contributed by atoms with van der Waals surface area (Å²) >= 11 is 5.94. The van der Waals surface area contributed by atoms with Crippen LogP contribution >= 0.6 is 11.6 Å². The fraction of sp³-hybridized carbons (Fsp3) is 0.231. The summed E-state index contributed by atoms with van der Waals surface area (Å²) in [5.41, 5.74) is 5.13. The van der Waals surface area contributed by atoms with Crippen molar-refractivity contribution in [2.24, 2.45) is 5.92 Å². The first-order valence-electron chi connectivity index (χ1n) is 10.7. The highest BCUT2D eigenvalue weighted by molar-refractivity contribution is 6.30. The molecule has 6 heteroatoms. The molecular weight excluding hydrogens is 424 g/mol. The second-order valence-electron chi connectivity index (χ2n) is 8.41. The Balaban J connectivity index is 1.39. The third-order valence-electron chi connectivity index (χ3n) is 6.46. The standard InChI is InChI=1S/C26H23ClN2O3/c1-16-5-14-23(29(30)31)24-21-3-2-4-22(21)26(28-25(16)24)18-8-12-20(13-9-18)32-15-17-6-10-19(27)11-7-17/h2-3,5-14,21-22,26,28H,4,15H2,1H3/t21-,22+,26+/m1/s1. The molecule has 0 saturated carbocycles. The summed E-state index contributed by atoms with van der Waals surface area (Å²) in [6.45, 7) is 2.47. The second-order valence-corrected chi connectivity index (χ2v) is 8.84. The van der Waals surface area contributed by atoms with E-state index in [1.165, 1.54) is 0 Å². The summed E-state index contributed by atoms with van der Waals surface area (Å²) in [5.74, 6) is 1.08. The third-order valence-corrected chi connectivity index (χ3v) is 6.71. The first-order valence-corrected chi connectivity index (χ1v) is 11.1. The van der Waals surface area contributed by atoms with E-state index in [9.17, 15) is 10.1 Å². The summed E-state index contributed by atoms with van der Waals surface area (Å²) in [6.07, 6.45) is 5.17. The number of benzene rings is 3. The third kappa shape index (κ3) is 3.73. The number of ether oxygens (including phenoxy) is 1. The van der Waals surface area contributed by atoms with Crippen molar-refractivity contribution in [1.29, 1.82) is 0 Å². The van der Waals surface area contributed by atoms with E-state index >= 15 is 0 Å². The number of hydrogen-bond acceptors (Lipinski definition) is 4. The van der Waals surface area contributed by atoms with E-state index in [4.69, 9.17) is 16.3 Å². The van der Waals surface area contributed by atoms with Gasteiger partial charge in [0.1, 0.15) is 12.4 Å². The maximum Gasteiger partial charge on any atom is 0.275 e. The average Bonchev–Trinajstić information content (AvgIpc) is 3.29. The van der Waals surface area contributed by atoms with Crippen molar-refractivity contribution in [2.45, 2.75) is 31.9 Å². The van der Waals surface area contributed by atoms with E-state index in [0.717, 1.165) is 40.1 Å². The Morgan fingerprint density at radius 1 is 1.09 bits per heavy atom. The average molecular weight is 447 g/mol. The number of anilines is 1. The van der Waals surface area contributed by atoms with Crippen LogP contribution in [0.5, 0.6) is 5.75 Å². The van der Waals surface area contributed by atoms with Gasteiger partial charge in [0.15, 0.2) is 0 Å². The molecule has 0 spiro atoms. The lowest BCUT2D eigenvalue weighted by Gasteiger charge is -2.38. The summed E-state index contributed by atoms with van der Waals surface area (Å²) in [5, 5.41) is 16.0. The Bertz CT molecular complexity index is 1190. The van der Waals surface area contributed by atoms with Gasteiger partial charge in [-0.15, -0.1) is 0 Å². The molecule has 32 heavy (non-hydrogen) atoms. The molecule has 1 aliphatic carbocycles. The van der Waals surface area contributed by atoms with Gasteiger partial charge in [0, 0.05) is 22.7 Å². The van der Waals surface area contributed by atoms with Gasteiger partial charge in [-0.1, -0.05) is 54.1 Å². The quantitative estimate of drug-likeness (QED) is 0.261. The van der Waals surface area contributed by atoms with Crippen LogP contribution in [0.2, 0.25) is 5.02 Å². The maximum absolute atomic E-state index is 11.7. The molecule has 0 radical (unpaired) electrons. The van der Waals surface area contributed by atoms with Crippen LogP contribution in [0.1, 0.15) is 40.6 Å². The Hall–Kier alpha value is -3.31. The summed E-state index contributed by atoms with van der Waals surface area (Å²) < 4.78 is 5.93. The topological polar surface area (TPSA) is 64.4 Å². The molecule has 3 atom stereocenters. The Labute approximate surface area is 191 Å². The van der Waals surface area contributed by atoms with E-state index in [0.29, 0.717) is 11.6 Å². The van der Waals surface area contributed by atoms with Crippen molar-refractivity contribution in [2.75, 3.05) is 5.32 Å². The monoisotopic (exact) mass is 446 g/mol. The highest BCUT2D eigenvalue weighted by Crippen LogP contribution is 2.53. The number of allylic oxidation sites excluding steroid dienone is 2. The van der Waals surface area contributed by atoms with Gasteiger partial charge in [-0.25, -0.2) is 0 Å². The van der Waals surface area contributed by atoms with Gasteiger partial charge in [-0.05, 0) is 60.2 Å². The Morgan fingerprint density at radius 3 is 2.56 bits per heavy atom. The van der Waals surface area contributed by atoms with Crippen molar-refractivity contribution < 1.29 is 9.66 Å². The van der Waals surface area contributed by atoms with Crippen molar-refractivity contribution in [3.63, 3.8) is 0 Å². The van der Waals surface area contributed by atoms with Crippen LogP contribution in [0.3, 0.4) is 0 Å². The minimum Gasteiger partial charge on any atom is -0.489 e. The van der Waals surface area contributed by atoms with Gasteiger partial charge < -0.3 is 10.1 Å². The number of halogens is 1. The predicted octanol–water partition coefficient (Wildman–Crippen LogP) is 6.96. The lowest BCUT2D eigenvalue weighted by molar-refractivity contribution is -0.385. The smallest absolute Gasteiger partial charge is 0.275 e. The van der Waals surface area contributed by atoms with Crippen molar-refractivity contribution in [3.8, 4) is 5.75 Å². The van der Waals surface area contributed by atoms with Crippen molar-refractivity contribution in [3.05, 3.63) is 110 Å². The highest BCUT2D eigenvalue weighted by Gasteiger charge is 2.42. The normalized spacial score (nSPS) is 20.9.